The second-order valence-electron chi connectivity index (χ2n) is 4.97. The number of fused-ring (bicyclic) bond motifs is 1. The highest BCUT2D eigenvalue weighted by atomic mass is 19.1. The van der Waals surface area contributed by atoms with Gasteiger partial charge < -0.3 is 0 Å². The zero-order chi connectivity index (χ0) is 14.7. The van der Waals surface area contributed by atoms with Gasteiger partial charge in [-0.3, -0.25) is 16.3 Å². The molecule has 3 rings (SSSR count). The van der Waals surface area contributed by atoms with Crippen molar-refractivity contribution in [2.45, 2.75) is 12.5 Å². The van der Waals surface area contributed by atoms with Crippen LogP contribution in [0.25, 0.3) is 10.8 Å². The summed E-state index contributed by atoms with van der Waals surface area (Å²) in [6.45, 7) is 0. The van der Waals surface area contributed by atoms with E-state index in [1.54, 1.807) is 12.3 Å². The van der Waals surface area contributed by atoms with Gasteiger partial charge >= 0.3 is 0 Å². The van der Waals surface area contributed by atoms with Gasteiger partial charge in [0.15, 0.2) is 0 Å². The average Bonchev–Trinajstić information content (AvgIpc) is 2.52. The van der Waals surface area contributed by atoms with E-state index in [9.17, 15) is 4.39 Å². The van der Waals surface area contributed by atoms with Crippen LogP contribution in [0.5, 0.6) is 0 Å². The number of nitrogens with one attached hydrogen (secondary N) is 1. The molecule has 1 heterocycles. The summed E-state index contributed by atoms with van der Waals surface area (Å²) in [6.07, 6.45) is 2.35. The quantitative estimate of drug-likeness (QED) is 0.570. The minimum Gasteiger partial charge on any atom is -0.271 e. The van der Waals surface area contributed by atoms with Crippen LogP contribution in [0.1, 0.15) is 17.3 Å². The predicted molar refractivity (Wildman–Crippen MR) is 81.9 cm³/mol. The van der Waals surface area contributed by atoms with Gasteiger partial charge in [0.1, 0.15) is 5.82 Å². The summed E-state index contributed by atoms with van der Waals surface area (Å²) < 4.78 is 13.3. The maximum absolute atomic E-state index is 13.3. The third-order valence-corrected chi connectivity index (χ3v) is 3.56. The number of pyridine rings is 1. The van der Waals surface area contributed by atoms with Gasteiger partial charge in [-0.1, -0.05) is 36.4 Å². The Balaban J connectivity index is 1.98. The molecule has 0 amide bonds. The summed E-state index contributed by atoms with van der Waals surface area (Å²) in [6, 6.07) is 16.4. The summed E-state index contributed by atoms with van der Waals surface area (Å²) in [5.74, 6) is 5.46. The van der Waals surface area contributed by atoms with Crippen molar-refractivity contribution in [1.29, 1.82) is 0 Å². The van der Waals surface area contributed by atoms with Gasteiger partial charge in [-0.25, -0.2) is 4.39 Å². The van der Waals surface area contributed by atoms with Crippen molar-refractivity contribution in [2.24, 2.45) is 5.84 Å². The molecule has 0 radical (unpaired) electrons. The van der Waals surface area contributed by atoms with Gasteiger partial charge in [-0.15, -0.1) is 0 Å². The first-order chi connectivity index (χ1) is 10.3. The first-order valence-corrected chi connectivity index (χ1v) is 6.82. The Labute approximate surface area is 122 Å². The lowest BCUT2D eigenvalue weighted by atomic mass is 9.99. The summed E-state index contributed by atoms with van der Waals surface area (Å²) >= 11 is 0. The van der Waals surface area contributed by atoms with E-state index in [4.69, 9.17) is 5.84 Å². The fourth-order valence-electron chi connectivity index (χ4n) is 2.55. The van der Waals surface area contributed by atoms with Crippen molar-refractivity contribution in [2.75, 3.05) is 0 Å². The summed E-state index contributed by atoms with van der Waals surface area (Å²) in [5.41, 5.74) is 4.55. The van der Waals surface area contributed by atoms with Gasteiger partial charge in [-0.05, 0) is 35.6 Å². The maximum atomic E-state index is 13.3. The Bertz CT molecular complexity index is 752. The number of hydrogen-bond acceptors (Lipinski definition) is 3. The van der Waals surface area contributed by atoms with Crippen molar-refractivity contribution >= 4 is 10.8 Å². The molecule has 1 aromatic heterocycles. The molecular formula is C17H16FN3. The molecule has 4 heteroatoms. The first-order valence-electron chi connectivity index (χ1n) is 6.82. The summed E-state index contributed by atoms with van der Waals surface area (Å²) in [5, 5.41) is 2.17. The van der Waals surface area contributed by atoms with E-state index < -0.39 is 0 Å². The highest BCUT2D eigenvalue weighted by molar-refractivity contribution is 5.84. The standard InChI is InChI=1S/C17H16FN3/c18-14-6-3-4-12(10-14)11-16(21-19)17-15-7-2-1-5-13(15)8-9-20-17/h1-10,16,21H,11,19H2. The van der Waals surface area contributed by atoms with E-state index in [2.05, 4.69) is 10.4 Å². The Morgan fingerprint density at radius 2 is 1.95 bits per heavy atom. The third-order valence-electron chi connectivity index (χ3n) is 3.56. The Hall–Kier alpha value is -2.30. The lowest BCUT2D eigenvalue weighted by Crippen LogP contribution is -2.30. The van der Waals surface area contributed by atoms with Crippen LogP contribution in [-0.2, 0) is 6.42 Å². The van der Waals surface area contributed by atoms with Gasteiger partial charge in [0.05, 0.1) is 11.7 Å². The number of hydrogen-bond donors (Lipinski definition) is 2. The number of nitrogens with two attached hydrogens (primary N) is 1. The molecule has 0 aliphatic carbocycles. The molecule has 106 valence electrons. The monoisotopic (exact) mass is 281 g/mol. The first kappa shape index (κ1) is 13.7. The molecule has 0 saturated carbocycles. The topological polar surface area (TPSA) is 50.9 Å². The van der Waals surface area contributed by atoms with Crippen LogP contribution in [0.15, 0.2) is 60.8 Å². The number of nitrogens with zero attached hydrogens (tertiary/aromatic N) is 1. The van der Waals surface area contributed by atoms with Crippen LogP contribution in [0.4, 0.5) is 4.39 Å². The molecule has 0 aliphatic rings. The average molecular weight is 281 g/mol. The molecule has 0 fully saturated rings. The van der Waals surface area contributed by atoms with Crippen molar-refractivity contribution in [3.63, 3.8) is 0 Å². The zero-order valence-corrected chi connectivity index (χ0v) is 11.5. The van der Waals surface area contributed by atoms with E-state index in [0.29, 0.717) is 6.42 Å². The Morgan fingerprint density at radius 3 is 2.76 bits per heavy atom. The SMILES string of the molecule is NNC(Cc1cccc(F)c1)c1nccc2ccccc12. The largest absolute Gasteiger partial charge is 0.271 e. The molecule has 2 aromatic carbocycles. The van der Waals surface area contributed by atoms with Crippen molar-refractivity contribution in [1.82, 2.24) is 10.4 Å². The van der Waals surface area contributed by atoms with Crippen molar-refractivity contribution < 1.29 is 4.39 Å². The Morgan fingerprint density at radius 1 is 1.10 bits per heavy atom. The second-order valence-corrected chi connectivity index (χ2v) is 4.97. The molecule has 21 heavy (non-hydrogen) atoms. The van der Waals surface area contributed by atoms with Crippen molar-refractivity contribution in [3.05, 3.63) is 77.9 Å². The number of hydrazine groups is 1. The molecule has 1 atom stereocenters. The molecule has 1 unspecified atom stereocenters. The summed E-state index contributed by atoms with van der Waals surface area (Å²) in [4.78, 5) is 4.46. The van der Waals surface area contributed by atoms with Gasteiger partial charge in [0.25, 0.3) is 0 Å². The fourth-order valence-corrected chi connectivity index (χ4v) is 2.55. The minimum absolute atomic E-state index is 0.169. The molecule has 0 spiro atoms. The minimum atomic E-state index is -0.242. The van der Waals surface area contributed by atoms with Crippen LogP contribution in [0.3, 0.4) is 0 Å². The number of rotatable bonds is 4. The number of benzene rings is 2. The van der Waals surface area contributed by atoms with Crippen molar-refractivity contribution in [3.8, 4) is 0 Å². The predicted octanol–water partition coefficient (Wildman–Crippen LogP) is 3.12. The van der Waals surface area contributed by atoms with Crippen LogP contribution in [-0.4, -0.2) is 4.98 Å². The second kappa shape index (κ2) is 5.99. The number of halogens is 1. The van der Waals surface area contributed by atoms with E-state index in [1.807, 2.05) is 36.4 Å². The van der Waals surface area contributed by atoms with Crippen LogP contribution in [0.2, 0.25) is 0 Å². The van der Waals surface area contributed by atoms with Gasteiger partial charge in [0.2, 0.25) is 0 Å². The normalized spacial score (nSPS) is 12.5. The molecule has 0 bridgehead atoms. The van der Waals surface area contributed by atoms with E-state index in [-0.39, 0.29) is 11.9 Å². The van der Waals surface area contributed by atoms with E-state index >= 15 is 0 Å². The lowest BCUT2D eigenvalue weighted by molar-refractivity contribution is 0.540. The lowest BCUT2D eigenvalue weighted by Gasteiger charge is -2.17. The molecular weight excluding hydrogens is 265 g/mol. The molecule has 3 aromatic rings. The van der Waals surface area contributed by atoms with Gasteiger partial charge in [-0.2, -0.15) is 0 Å². The third kappa shape index (κ3) is 2.91. The fraction of sp³-hybridized carbons (Fsp3) is 0.118. The number of aromatic nitrogens is 1. The Kier molecular flexibility index (Phi) is 3.90. The van der Waals surface area contributed by atoms with Crippen LogP contribution < -0.4 is 11.3 Å². The van der Waals surface area contributed by atoms with Crippen LogP contribution >= 0.6 is 0 Å². The smallest absolute Gasteiger partial charge is 0.123 e. The molecule has 3 N–H and O–H groups in total. The van der Waals surface area contributed by atoms with Crippen LogP contribution in [0, 0.1) is 5.82 Å². The molecule has 0 aliphatic heterocycles. The van der Waals surface area contributed by atoms with E-state index in [1.165, 1.54) is 12.1 Å². The summed E-state index contributed by atoms with van der Waals surface area (Å²) in [7, 11) is 0. The van der Waals surface area contributed by atoms with E-state index in [0.717, 1.165) is 22.0 Å². The zero-order valence-electron chi connectivity index (χ0n) is 11.5. The van der Waals surface area contributed by atoms with Gasteiger partial charge in [0, 0.05) is 11.6 Å². The highest BCUT2D eigenvalue weighted by Crippen LogP contribution is 2.24. The molecule has 3 nitrogen and oxygen atoms in total. The highest BCUT2D eigenvalue weighted by Gasteiger charge is 2.15. The molecule has 0 saturated heterocycles. The maximum Gasteiger partial charge on any atom is 0.123 e.